The molecule has 0 aliphatic heterocycles. The summed E-state index contributed by atoms with van der Waals surface area (Å²) in [5.74, 6) is 1.50. The average Bonchev–Trinajstić information content (AvgIpc) is 2.43. The molecule has 4 nitrogen and oxygen atoms in total. The third-order valence-electron chi connectivity index (χ3n) is 4.44. The molecule has 0 spiro atoms. The highest BCUT2D eigenvalue weighted by Gasteiger charge is 2.28. The van der Waals surface area contributed by atoms with Crippen molar-refractivity contribution >= 4 is 0 Å². The van der Waals surface area contributed by atoms with Gasteiger partial charge in [-0.25, -0.2) is 0 Å². The highest BCUT2D eigenvalue weighted by Crippen LogP contribution is 2.30. The predicted octanol–water partition coefficient (Wildman–Crippen LogP) is 1.73. The van der Waals surface area contributed by atoms with Gasteiger partial charge in [0.1, 0.15) is 0 Å². The zero-order chi connectivity index (χ0) is 14.1. The van der Waals surface area contributed by atoms with Gasteiger partial charge in [-0.1, -0.05) is 13.3 Å². The summed E-state index contributed by atoms with van der Waals surface area (Å²) in [6.07, 6.45) is 5.07. The van der Waals surface area contributed by atoms with Crippen LogP contribution in [0.3, 0.4) is 0 Å². The van der Waals surface area contributed by atoms with Gasteiger partial charge in [0.2, 0.25) is 0 Å². The first-order valence-electron chi connectivity index (χ1n) is 7.67. The number of ether oxygens (including phenoxy) is 2. The summed E-state index contributed by atoms with van der Waals surface area (Å²) in [5, 5.41) is 0. The average molecular weight is 272 g/mol. The van der Waals surface area contributed by atoms with Crippen LogP contribution in [0.25, 0.3) is 0 Å². The normalized spacial score (nSPS) is 27.9. The molecule has 1 fully saturated rings. The van der Waals surface area contributed by atoms with Crippen LogP contribution >= 0.6 is 0 Å². The standard InChI is InChI=1S/C15H32N2O2/c1-4-13-5-6-15(16)14(11-13)12-17(7-9-18-2)8-10-19-3/h13-15H,4-12,16H2,1-3H3. The van der Waals surface area contributed by atoms with Gasteiger partial charge in [-0.3, -0.25) is 4.90 Å². The molecule has 1 aliphatic rings. The van der Waals surface area contributed by atoms with Crippen LogP contribution in [0.5, 0.6) is 0 Å². The summed E-state index contributed by atoms with van der Waals surface area (Å²) in [4.78, 5) is 2.44. The first-order chi connectivity index (χ1) is 9.21. The summed E-state index contributed by atoms with van der Waals surface area (Å²) < 4.78 is 10.4. The molecule has 0 bridgehead atoms. The fraction of sp³-hybridized carbons (Fsp3) is 1.00. The Kier molecular flexibility index (Phi) is 8.62. The molecule has 1 aliphatic carbocycles. The number of nitrogens with zero attached hydrogens (tertiary/aromatic N) is 1. The maximum absolute atomic E-state index is 6.31. The maximum Gasteiger partial charge on any atom is 0.0589 e. The Hall–Kier alpha value is -0.160. The maximum atomic E-state index is 6.31. The zero-order valence-corrected chi connectivity index (χ0v) is 12.9. The summed E-state index contributed by atoms with van der Waals surface area (Å²) >= 11 is 0. The van der Waals surface area contributed by atoms with Crippen molar-refractivity contribution in [2.45, 2.75) is 38.6 Å². The quantitative estimate of drug-likeness (QED) is 0.694. The molecule has 2 N–H and O–H groups in total. The number of nitrogens with two attached hydrogens (primary N) is 1. The second-order valence-corrected chi connectivity index (χ2v) is 5.80. The SMILES string of the molecule is CCC1CCC(N)C(CN(CCOC)CCOC)C1. The van der Waals surface area contributed by atoms with Gasteiger partial charge in [-0.15, -0.1) is 0 Å². The number of hydrogen-bond acceptors (Lipinski definition) is 4. The minimum atomic E-state index is 0.371. The van der Waals surface area contributed by atoms with E-state index in [0.29, 0.717) is 12.0 Å². The third kappa shape index (κ3) is 6.21. The van der Waals surface area contributed by atoms with Crippen LogP contribution in [0.15, 0.2) is 0 Å². The van der Waals surface area contributed by atoms with Crippen molar-refractivity contribution in [3.8, 4) is 0 Å². The van der Waals surface area contributed by atoms with E-state index < -0.39 is 0 Å². The molecule has 0 aromatic rings. The molecule has 0 saturated heterocycles. The Morgan fingerprint density at radius 2 is 1.74 bits per heavy atom. The predicted molar refractivity (Wildman–Crippen MR) is 79.3 cm³/mol. The van der Waals surface area contributed by atoms with E-state index in [1.54, 1.807) is 14.2 Å². The molecule has 0 heterocycles. The smallest absolute Gasteiger partial charge is 0.0589 e. The summed E-state index contributed by atoms with van der Waals surface area (Å²) in [6.45, 7) is 6.89. The van der Waals surface area contributed by atoms with E-state index in [-0.39, 0.29) is 0 Å². The number of methoxy groups -OCH3 is 2. The highest BCUT2D eigenvalue weighted by atomic mass is 16.5. The lowest BCUT2D eigenvalue weighted by Crippen LogP contribution is -2.44. The van der Waals surface area contributed by atoms with E-state index in [2.05, 4.69) is 11.8 Å². The molecule has 4 heteroatoms. The Balaban J connectivity index is 2.44. The molecule has 3 unspecified atom stereocenters. The Labute approximate surface area is 118 Å². The van der Waals surface area contributed by atoms with Gasteiger partial charge in [0, 0.05) is 39.9 Å². The summed E-state index contributed by atoms with van der Waals surface area (Å²) in [5.41, 5.74) is 6.31. The number of rotatable bonds is 9. The van der Waals surface area contributed by atoms with Crippen LogP contribution in [0, 0.1) is 11.8 Å². The fourth-order valence-corrected chi connectivity index (χ4v) is 3.03. The van der Waals surface area contributed by atoms with Crippen molar-refractivity contribution in [1.29, 1.82) is 0 Å². The van der Waals surface area contributed by atoms with E-state index in [4.69, 9.17) is 15.2 Å². The van der Waals surface area contributed by atoms with Gasteiger partial charge in [-0.2, -0.15) is 0 Å². The van der Waals surface area contributed by atoms with Crippen molar-refractivity contribution in [2.75, 3.05) is 47.1 Å². The lowest BCUT2D eigenvalue weighted by atomic mass is 9.77. The van der Waals surface area contributed by atoms with Gasteiger partial charge in [0.05, 0.1) is 13.2 Å². The second-order valence-electron chi connectivity index (χ2n) is 5.80. The Bertz CT molecular complexity index is 218. The molecule has 114 valence electrons. The number of hydrogen-bond donors (Lipinski definition) is 1. The lowest BCUT2D eigenvalue weighted by molar-refractivity contribution is 0.0877. The van der Waals surface area contributed by atoms with E-state index >= 15 is 0 Å². The van der Waals surface area contributed by atoms with Crippen LogP contribution in [0.4, 0.5) is 0 Å². The van der Waals surface area contributed by atoms with Crippen LogP contribution < -0.4 is 5.73 Å². The fourth-order valence-electron chi connectivity index (χ4n) is 3.03. The summed E-state index contributed by atoms with van der Waals surface area (Å²) in [7, 11) is 3.52. The topological polar surface area (TPSA) is 47.7 Å². The molecule has 1 rings (SSSR count). The van der Waals surface area contributed by atoms with Gasteiger partial charge in [0.25, 0.3) is 0 Å². The minimum absolute atomic E-state index is 0.371. The van der Waals surface area contributed by atoms with Crippen molar-refractivity contribution < 1.29 is 9.47 Å². The van der Waals surface area contributed by atoms with Crippen molar-refractivity contribution in [3.05, 3.63) is 0 Å². The van der Waals surface area contributed by atoms with Gasteiger partial charge >= 0.3 is 0 Å². The first-order valence-corrected chi connectivity index (χ1v) is 7.67. The van der Waals surface area contributed by atoms with E-state index in [0.717, 1.165) is 38.8 Å². The van der Waals surface area contributed by atoms with Crippen molar-refractivity contribution in [1.82, 2.24) is 4.90 Å². The second kappa shape index (κ2) is 9.70. The van der Waals surface area contributed by atoms with Crippen LogP contribution in [-0.4, -0.2) is 58.0 Å². The molecule has 0 amide bonds. The van der Waals surface area contributed by atoms with Crippen molar-refractivity contribution in [2.24, 2.45) is 17.6 Å². The van der Waals surface area contributed by atoms with Gasteiger partial charge in [0.15, 0.2) is 0 Å². The van der Waals surface area contributed by atoms with E-state index in [9.17, 15) is 0 Å². The lowest BCUT2D eigenvalue weighted by Gasteiger charge is -2.37. The molecular weight excluding hydrogens is 240 g/mol. The Morgan fingerprint density at radius 3 is 2.26 bits per heavy atom. The zero-order valence-electron chi connectivity index (χ0n) is 12.9. The molecule has 0 aromatic heterocycles. The summed E-state index contributed by atoms with van der Waals surface area (Å²) in [6, 6.07) is 0.371. The molecule has 0 radical (unpaired) electrons. The molecule has 0 aromatic carbocycles. The van der Waals surface area contributed by atoms with E-state index in [1.165, 1.54) is 25.7 Å². The Morgan fingerprint density at radius 1 is 1.11 bits per heavy atom. The van der Waals surface area contributed by atoms with Gasteiger partial charge < -0.3 is 15.2 Å². The van der Waals surface area contributed by atoms with Crippen LogP contribution in [-0.2, 0) is 9.47 Å². The molecule has 1 saturated carbocycles. The van der Waals surface area contributed by atoms with E-state index in [1.807, 2.05) is 0 Å². The largest absolute Gasteiger partial charge is 0.383 e. The molecular formula is C15H32N2O2. The van der Waals surface area contributed by atoms with Crippen LogP contribution in [0.1, 0.15) is 32.6 Å². The first kappa shape index (κ1) is 16.9. The van der Waals surface area contributed by atoms with Gasteiger partial charge in [-0.05, 0) is 31.1 Å². The molecule has 19 heavy (non-hydrogen) atoms. The minimum Gasteiger partial charge on any atom is -0.383 e. The molecule has 3 atom stereocenters. The van der Waals surface area contributed by atoms with Crippen LogP contribution in [0.2, 0.25) is 0 Å². The van der Waals surface area contributed by atoms with Crippen molar-refractivity contribution in [3.63, 3.8) is 0 Å². The monoisotopic (exact) mass is 272 g/mol. The highest BCUT2D eigenvalue weighted by molar-refractivity contribution is 4.84. The third-order valence-corrected chi connectivity index (χ3v) is 4.44.